The van der Waals surface area contributed by atoms with Crippen LogP contribution in [0.15, 0.2) is 0 Å². The molecule has 0 bridgehead atoms. The highest BCUT2D eigenvalue weighted by Gasteiger charge is 2.20. The lowest BCUT2D eigenvalue weighted by Crippen LogP contribution is -2.48. The molecule has 0 aromatic carbocycles. The van der Waals surface area contributed by atoms with Gasteiger partial charge in [-0.2, -0.15) is 0 Å². The van der Waals surface area contributed by atoms with E-state index < -0.39 is 23.0 Å². The summed E-state index contributed by atoms with van der Waals surface area (Å²) in [5.74, 6) is -1.17. The number of nitrogens with one attached hydrogen (secondary N) is 3. The molecule has 0 aliphatic rings. The Morgan fingerprint density at radius 3 is 2.75 bits per heavy atom. The molecule has 0 radical (unpaired) electrons. The maximum Gasteiger partial charge on any atom is 0.328 e. The van der Waals surface area contributed by atoms with Crippen molar-refractivity contribution in [2.24, 2.45) is 5.73 Å². The minimum atomic E-state index is -0.896. The highest BCUT2D eigenvalue weighted by Crippen LogP contribution is 1.98. The molecule has 5 N–H and O–H groups in total. The lowest BCUT2D eigenvalue weighted by molar-refractivity contribution is -0.525. The highest BCUT2D eigenvalue weighted by molar-refractivity contribution is 5.83. The molecule has 0 saturated carbocycles. The number of guanidine groups is 1. The third-order valence-corrected chi connectivity index (χ3v) is 1.70. The molecule has 0 rings (SSSR count). The van der Waals surface area contributed by atoms with Crippen LogP contribution in [0.4, 0.5) is 0 Å². The van der Waals surface area contributed by atoms with E-state index in [-0.39, 0.29) is 0 Å². The molecule has 0 spiro atoms. The predicted octanol–water partition coefficient (Wildman–Crippen LogP) is -1.43. The van der Waals surface area contributed by atoms with Crippen LogP contribution < -0.4 is 16.5 Å². The smallest absolute Gasteiger partial charge is 0.328 e. The molecule has 1 atom stereocenters. The highest BCUT2D eigenvalue weighted by atomic mass is 16.7. The molecule has 0 aliphatic carbocycles. The SMILES string of the molecule is COC(=O)[C@H](CCCN)NC(=N)N[N+](=O)[O-]. The molecule has 0 saturated heterocycles. The predicted molar refractivity (Wildman–Crippen MR) is 55.1 cm³/mol. The van der Waals surface area contributed by atoms with Crippen molar-refractivity contribution >= 4 is 11.9 Å². The summed E-state index contributed by atoms with van der Waals surface area (Å²) < 4.78 is 4.48. The van der Waals surface area contributed by atoms with Crippen molar-refractivity contribution in [3.8, 4) is 0 Å². The maximum atomic E-state index is 11.2. The van der Waals surface area contributed by atoms with E-state index in [1.165, 1.54) is 7.11 Å². The topological polar surface area (TPSA) is 143 Å². The van der Waals surface area contributed by atoms with E-state index in [4.69, 9.17) is 11.1 Å². The van der Waals surface area contributed by atoms with Gasteiger partial charge in [-0.25, -0.2) is 14.9 Å². The quantitative estimate of drug-likeness (QED) is 0.145. The third kappa shape index (κ3) is 5.75. The molecule has 0 unspecified atom stereocenters. The fourth-order valence-corrected chi connectivity index (χ4v) is 1.01. The van der Waals surface area contributed by atoms with Gasteiger partial charge in [-0.3, -0.25) is 5.41 Å². The number of hydrogen-bond donors (Lipinski definition) is 4. The fraction of sp³-hybridized carbons (Fsp3) is 0.714. The average molecular weight is 233 g/mol. The van der Waals surface area contributed by atoms with Crippen LogP contribution in [0.5, 0.6) is 0 Å². The van der Waals surface area contributed by atoms with Crippen LogP contribution in [0.3, 0.4) is 0 Å². The van der Waals surface area contributed by atoms with Crippen molar-refractivity contribution in [3.05, 3.63) is 10.1 Å². The number of rotatable bonds is 6. The second kappa shape index (κ2) is 7.40. The Bertz CT molecular complexity index is 270. The summed E-state index contributed by atoms with van der Waals surface area (Å²) in [5, 5.41) is 18.6. The van der Waals surface area contributed by atoms with Crippen molar-refractivity contribution in [1.29, 1.82) is 5.41 Å². The number of hydrogen-bond acceptors (Lipinski definition) is 6. The summed E-state index contributed by atoms with van der Waals surface area (Å²) in [6, 6.07) is -0.812. The number of esters is 1. The number of carbonyl (C=O) groups excluding carboxylic acids is 1. The molecule has 16 heavy (non-hydrogen) atoms. The summed E-state index contributed by atoms with van der Waals surface area (Å²) in [4.78, 5) is 21.2. The fourth-order valence-electron chi connectivity index (χ4n) is 1.01. The van der Waals surface area contributed by atoms with Gasteiger partial charge in [-0.1, -0.05) is 5.43 Å². The zero-order chi connectivity index (χ0) is 12.6. The van der Waals surface area contributed by atoms with Gasteiger partial charge in [0.15, 0.2) is 5.03 Å². The van der Waals surface area contributed by atoms with E-state index >= 15 is 0 Å². The zero-order valence-electron chi connectivity index (χ0n) is 8.86. The van der Waals surface area contributed by atoms with Crippen LogP contribution in [0.2, 0.25) is 0 Å². The van der Waals surface area contributed by atoms with E-state index in [1.807, 2.05) is 0 Å². The van der Waals surface area contributed by atoms with Crippen LogP contribution in [0, 0.1) is 15.5 Å². The summed E-state index contributed by atoms with van der Waals surface area (Å²) in [7, 11) is 1.20. The second-order valence-electron chi connectivity index (χ2n) is 2.89. The number of nitrogens with zero attached hydrogens (tertiary/aromatic N) is 1. The Morgan fingerprint density at radius 2 is 2.31 bits per heavy atom. The Kier molecular flexibility index (Phi) is 6.52. The Labute approximate surface area is 92.0 Å². The van der Waals surface area contributed by atoms with Gasteiger partial charge in [0.2, 0.25) is 0 Å². The first-order chi connectivity index (χ1) is 7.51. The van der Waals surface area contributed by atoms with Crippen LogP contribution in [0.1, 0.15) is 12.8 Å². The van der Waals surface area contributed by atoms with E-state index in [1.54, 1.807) is 5.43 Å². The van der Waals surface area contributed by atoms with Gasteiger partial charge in [0, 0.05) is 0 Å². The second-order valence-corrected chi connectivity index (χ2v) is 2.89. The molecule has 0 amide bonds. The third-order valence-electron chi connectivity index (χ3n) is 1.70. The van der Waals surface area contributed by atoms with Gasteiger partial charge in [0.25, 0.3) is 5.96 Å². The summed E-state index contributed by atoms with van der Waals surface area (Å²) in [6.45, 7) is 0.380. The molecule has 9 heteroatoms. The van der Waals surface area contributed by atoms with Gasteiger partial charge >= 0.3 is 5.97 Å². The van der Waals surface area contributed by atoms with Gasteiger partial charge in [0.05, 0.1) is 7.11 Å². The molecule has 0 aromatic rings. The lowest BCUT2D eigenvalue weighted by Gasteiger charge is -2.15. The van der Waals surface area contributed by atoms with Crippen molar-refractivity contribution in [2.75, 3.05) is 13.7 Å². The molecule has 0 fully saturated rings. The summed E-state index contributed by atoms with van der Waals surface area (Å²) in [5.41, 5.74) is 6.86. The first kappa shape index (κ1) is 14.1. The van der Waals surface area contributed by atoms with Crippen LogP contribution >= 0.6 is 0 Å². The molecule has 92 valence electrons. The van der Waals surface area contributed by atoms with Crippen molar-refractivity contribution in [3.63, 3.8) is 0 Å². The molecule has 0 aliphatic heterocycles. The summed E-state index contributed by atoms with van der Waals surface area (Å²) >= 11 is 0. The van der Waals surface area contributed by atoms with Crippen LogP contribution in [-0.2, 0) is 9.53 Å². The Balaban J connectivity index is 4.24. The number of nitro groups is 1. The van der Waals surface area contributed by atoms with E-state index in [9.17, 15) is 14.9 Å². The minimum absolute atomic E-state index is 0.338. The first-order valence-corrected chi connectivity index (χ1v) is 4.55. The Morgan fingerprint density at radius 1 is 1.69 bits per heavy atom. The number of ether oxygens (including phenoxy) is 1. The minimum Gasteiger partial charge on any atom is -0.467 e. The normalized spacial score (nSPS) is 11.4. The molecule has 9 nitrogen and oxygen atoms in total. The average Bonchev–Trinajstić information content (AvgIpc) is 2.21. The first-order valence-electron chi connectivity index (χ1n) is 4.55. The zero-order valence-corrected chi connectivity index (χ0v) is 8.86. The standard InChI is InChI=1S/C7H15N5O4/c1-16-6(13)5(3-2-4-8)10-7(9)11-12(14)15/h5H,2-4,8H2,1H3,(H3,9,10,11)/t5-/m0/s1. The monoisotopic (exact) mass is 233 g/mol. The van der Waals surface area contributed by atoms with E-state index in [2.05, 4.69) is 10.1 Å². The van der Waals surface area contributed by atoms with E-state index in [0.29, 0.717) is 19.4 Å². The van der Waals surface area contributed by atoms with Gasteiger partial charge in [0.1, 0.15) is 6.04 Å². The maximum absolute atomic E-state index is 11.2. The molecular formula is C7H15N5O4. The number of methoxy groups -OCH3 is 1. The van der Waals surface area contributed by atoms with Gasteiger partial charge in [-0.05, 0) is 19.4 Å². The lowest BCUT2D eigenvalue weighted by atomic mass is 10.1. The van der Waals surface area contributed by atoms with Gasteiger partial charge in [-0.15, -0.1) is 0 Å². The Hall–Kier alpha value is -1.90. The van der Waals surface area contributed by atoms with Crippen LogP contribution in [-0.4, -0.2) is 36.7 Å². The number of carbonyl (C=O) groups is 1. The van der Waals surface area contributed by atoms with E-state index in [0.717, 1.165) is 0 Å². The van der Waals surface area contributed by atoms with Crippen molar-refractivity contribution in [1.82, 2.24) is 10.7 Å². The van der Waals surface area contributed by atoms with Crippen molar-refractivity contribution < 1.29 is 14.6 Å². The number of nitrogens with two attached hydrogens (primary N) is 1. The van der Waals surface area contributed by atoms with Crippen LogP contribution in [0.25, 0.3) is 0 Å². The van der Waals surface area contributed by atoms with Crippen molar-refractivity contribution in [2.45, 2.75) is 18.9 Å². The molecular weight excluding hydrogens is 218 g/mol. The molecule has 0 aromatic heterocycles. The molecule has 0 heterocycles. The van der Waals surface area contributed by atoms with Gasteiger partial charge < -0.3 is 15.8 Å². The summed E-state index contributed by atoms with van der Waals surface area (Å²) in [6.07, 6.45) is 0.878. The number of hydrazine groups is 1. The largest absolute Gasteiger partial charge is 0.467 e.